The molecule has 8 nitrogen and oxygen atoms in total. The molecular formula is C19H26N4O4. The minimum absolute atomic E-state index is 0.00194. The van der Waals surface area contributed by atoms with Gasteiger partial charge >= 0.3 is 0 Å². The molecule has 2 unspecified atom stereocenters. The summed E-state index contributed by atoms with van der Waals surface area (Å²) in [5.74, 6) is -0.911. The van der Waals surface area contributed by atoms with Gasteiger partial charge in [-0.15, -0.1) is 0 Å². The van der Waals surface area contributed by atoms with Gasteiger partial charge < -0.3 is 19.3 Å². The van der Waals surface area contributed by atoms with Crippen LogP contribution in [0.5, 0.6) is 0 Å². The van der Waals surface area contributed by atoms with Gasteiger partial charge in [-0.25, -0.2) is 0 Å². The van der Waals surface area contributed by atoms with Crippen molar-refractivity contribution < 1.29 is 19.1 Å². The molecule has 3 aliphatic heterocycles. The van der Waals surface area contributed by atoms with Crippen LogP contribution in [-0.4, -0.2) is 83.5 Å². The highest BCUT2D eigenvalue weighted by Gasteiger charge is 2.66. The van der Waals surface area contributed by atoms with E-state index in [9.17, 15) is 9.59 Å². The number of likely N-dealkylation sites (tertiary alicyclic amines) is 1. The monoisotopic (exact) mass is 374 g/mol. The first-order chi connectivity index (χ1) is 12.9. The van der Waals surface area contributed by atoms with E-state index >= 15 is 0 Å². The fourth-order valence-corrected chi connectivity index (χ4v) is 4.51. The first-order valence-corrected chi connectivity index (χ1v) is 9.32. The normalized spacial score (nSPS) is 31.0. The van der Waals surface area contributed by atoms with E-state index in [4.69, 9.17) is 9.47 Å². The zero-order valence-electron chi connectivity index (χ0n) is 16.0. The van der Waals surface area contributed by atoms with Crippen LogP contribution in [0.3, 0.4) is 0 Å². The van der Waals surface area contributed by atoms with E-state index < -0.39 is 17.4 Å². The third-order valence-electron chi connectivity index (χ3n) is 5.90. The van der Waals surface area contributed by atoms with Crippen LogP contribution in [0.4, 0.5) is 0 Å². The molecule has 2 fully saturated rings. The summed E-state index contributed by atoms with van der Waals surface area (Å²) < 4.78 is 13.0. The largest absolute Gasteiger partial charge is 0.383 e. The first kappa shape index (κ1) is 18.2. The molecular weight excluding hydrogens is 348 g/mol. The Hall–Kier alpha value is -2.19. The molecule has 2 bridgehead atoms. The van der Waals surface area contributed by atoms with Crippen LogP contribution in [0, 0.1) is 11.8 Å². The second-order valence-electron chi connectivity index (χ2n) is 7.68. The molecule has 0 radical (unpaired) electrons. The minimum Gasteiger partial charge on any atom is -0.383 e. The molecule has 1 aromatic heterocycles. The van der Waals surface area contributed by atoms with E-state index in [-0.39, 0.29) is 17.9 Å². The maximum Gasteiger partial charge on any atom is 0.230 e. The number of hydrogen-bond donors (Lipinski definition) is 0. The lowest BCUT2D eigenvalue weighted by Crippen LogP contribution is -2.45. The average Bonchev–Trinajstić information content (AvgIpc) is 3.39. The topological polar surface area (TPSA) is 76.9 Å². The van der Waals surface area contributed by atoms with Crippen LogP contribution < -0.4 is 0 Å². The van der Waals surface area contributed by atoms with E-state index in [1.54, 1.807) is 28.6 Å². The van der Waals surface area contributed by atoms with Crippen molar-refractivity contribution in [2.75, 3.05) is 40.4 Å². The van der Waals surface area contributed by atoms with Crippen LogP contribution in [-0.2, 0) is 32.5 Å². The van der Waals surface area contributed by atoms with Gasteiger partial charge in [-0.3, -0.25) is 14.3 Å². The van der Waals surface area contributed by atoms with Crippen LogP contribution in [0.15, 0.2) is 24.5 Å². The fraction of sp³-hybridized carbons (Fsp3) is 0.632. The van der Waals surface area contributed by atoms with Gasteiger partial charge in [0.25, 0.3) is 0 Å². The Balaban J connectivity index is 1.46. The average molecular weight is 374 g/mol. The number of fused-ring (bicyclic) bond motifs is 1. The van der Waals surface area contributed by atoms with Gasteiger partial charge in [-0.1, -0.05) is 12.2 Å². The molecule has 146 valence electrons. The lowest BCUT2D eigenvalue weighted by molar-refractivity contribution is -0.142. The predicted molar refractivity (Wildman–Crippen MR) is 96.7 cm³/mol. The number of rotatable bonds is 7. The van der Waals surface area contributed by atoms with Crippen LogP contribution >= 0.6 is 0 Å². The molecule has 4 rings (SSSR count). The number of nitrogens with zero attached hydrogens (tertiary/aromatic N) is 4. The van der Waals surface area contributed by atoms with Gasteiger partial charge in [-0.05, 0) is 12.0 Å². The number of carbonyl (C=O) groups excluding carboxylic acids is 2. The first-order valence-electron chi connectivity index (χ1n) is 9.32. The molecule has 0 aromatic carbocycles. The van der Waals surface area contributed by atoms with Gasteiger partial charge in [0.15, 0.2) is 0 Å². The zero-order chi connectivity index (χ0) is 19.2. The van der Waals surface area contributed by atoms with Crippen molar-refractivity contribution >= 4 is 11.8 Å². The Morgan fingerprint density at radius 2 is 2.33 bits per heavy atom. The predicted octanol–water partition coefficient (Wildman–Crippen LogP) is -0.151. The lowest BCUT2D eigenvalue weighted by atomic mass is 9.76. The summed E-state index contributed by atoms with van der Waals surface area (Å²) in [6, 6.07) is 0. The molecule has 27 heavy (non-hydrogen) atoms. The Morgan fingerprint density at radius 3 is 3.04 bits per heavy atom. The molecule has 0 aliphatic carbocycles. The van der Waals surface area contributed by atoms with Crippen molar-refractivity contribution in [3.63, 3.8) is 0 Å². The third kappa shape index (κ3) is 2.96. The van der Waals surface area contributed by atoms with Crippen molar-refractivity contribution in [1.82, 2.24) is 19.6 Å². The van der Waals surface area contributed by atoms with Gasteiger partial charge in [0.1, 0.15) is 5.60 Å². The Morgan fingerprint density at radius 1 is 1.52 bits per heavy atom. The van der Waals surface area contributed by atoms with Crippen molar-refractivity contribution in [3.8, 4) is 0 Å². The molecule has 4 heterocycles. The number of likely N-dealkylation sites (N-methyl/N-ethyl adjacent to an activating group) is 1. The maximum absolute atomic E-state index is 13.2. The van der Waals surface area contributed by atoms with Crippen LogP contribution in [0.25, 0.3) is 0 Å². The summed E-state index contributed by atoms with van der Waals surface area (Å²) in [5.41, 5.74) is 0.431. The number of aromatic nitrogens is 2. The summed E-state index contributed by atoms with van der Waals surface area (Å²) in [4.78, 5) is 29.6. The zero-order valence-corrected chi connectivity index (χ0v) is 16.0. The summed E-state index contributed by atoms with van der Waals surface area (Å²) in [6.07, 6.45) is 8.11. The molecule has 8 heteroatoms. The SMILES string of the molecule is COCCN1C[C@@]23C=C[C@@H](O2)C(C(=O)N(C)CCc2cnn(C)c2)C3C1=O. The Kier molecular flexibility index (Phi) is 4.55. The van der Waals surface area contributed by atoms with Crippen molar-refractivity contribution in [1.29, 1.82) is 0 Å². The van der Waals surface area contributed by atoms with Crippen LogP contribution in [0.2, 0.25) is 0 Å². The molecule has 4 atom stereocenters. The second-order valence-corrected chi connectivity index (χ2v) is 7.68. The summed E-state index contributed by atoms with van der Waals surface area (Å²) in [6.45, 7) is 2.08. The van der Waals surface area contributed by atoms with E-state index in [2.05, 4.69) is 5.10 Å². The molecule has 2 saturated heterocycles. The van der Waals surface area contributed by atoms with Crippen molar-refractivity contribution in [2.45, 2.75) is 18.1 Å². The lowest BCUT2D eigenvalue weighted by Gasteiger charge is -2.27. The van der Waals surface area contributed by atoms with Gasteiger partial charge in [-0.2, -0.15) is 5.10 Å². The summed E-state index contributed by atoms with van der Waals surface area (Å²) in [7, 11) is 5.28. The van der Waals surface area contributed by atoms with E-state index in [1.165, 1.54) is 0 Å². The van der Waals surface area contributed by atoms with Gasteiger partial charge in [0, 0.05) is 40.5 Å². The highest BCUT2D eigenvalue weighted by molar-refractivity contribution is 5.93. The van der Waals surface area contributed by atoms with Gasteiger partial charge in [0.2, 0.25) is 11.8 Å². The molecule has 1 spiro atoms. The molecule has 3 aliphatic rings. The smallest absolute Gasteiger partial charge is 0.230 e. The summed E-state index contributed by atoms with van der Waals surface area (Å²) >= 11 is 0. The standard InChI is InChI=1S/C19H26N4O4/c1-21(7-5-13-10-20-22(2)11-13)17(24)15-14-4-6-19(27-14)12-23(8-9-26-3)18(25)16(15)19/h4,6,10-11,14-16H,5,7-9,12H2,1-3H3/t14-,15?,16?,19-/m1/s1. The maximum atomic E-state index is 13.2. The molecule has 0 N–H and O–H groups in total. The quantitative estimate of drug-likeness (QED) is 0.621. The van der Waals surface area contributed by atoms with Crippen molar-refractivity contribution in [2.24, 2.45) is 18.9 Å². The van der Waals surface area contributed by atoms with E-state index in [1.807, 2.05) is 31.6 Å². The Labute approximate surface area is 158 Å². The molecule has 2 amide bonds. The third-order valence-corrected chi connectivity index (χ3v) is 5.90. The number of amides is 2. The summed E-state index contributed by atoms with van der Waals surface area (Å²) in [5, 5.41) is 4.16. The highest BCUT2D eigenvalue weighted by atomic mass is 16.5. The van der Waals surface area contributed by atoms with E-state index in [0.717, 1.165) is 12.0 Å². The van der Waals surface area contributed by atoms with Crippen molar-refractivity contribution in [3.05, 3.63) is 30.1 Å². The van der Waals surface area contributed by atoms with Gasteiger partial charge in [0.05, 0.1) is 37.3 Å². The second kappa shape index (κ2) is 6.76. The number of carbonyl (C=O) groups is 2. The molecule has 1 aromatic rings. The number of hydrogen-bond acceptors (Lipinski definition) is 5. The highest BCUT2D eigenvalue weighted by Crippen LogP contribution is 2.52. The molecule has 0 saturated carbocycles. The minimum atomic E-state index is -0.653. The van der Waals surface area contributed by atoms with E-state index in [0.29, 0.717) is 26.2 Å². The van der Waals surface area contributed by atoms with Crippen LogP contribution in [0.1, 0.15) is 5.56 Å². The fourth-order valence-electron chi connectivity index (χ4n) is 4.51. The number of aryl methyl sites for hydroxylation is 1. The number of methoxy groups -OCH3 is 1. The number of ether oxygens (including phenoxy) is 2. The Bertz CT molecular complexity index is 776.